The molecule has 0 unspecified atom stereocenters. The Morgan fingerprint density at radius 1 is 0.804 bits per heavy atom. The van der Waals surface area contributed by atoms with Crippen LogP contribution >= 0.6 is 0 Å². The molecular weight excluding hydrogens is 699 g/mol. The van der Waals surface area contributed by atoms with Crippen molar-refractivity contribution in [3.63, 3.8) is 0 Å². The van der Waals surface area contributed by atoms with E-state index in [1.54, 1.807) is 6.92 Å². The number of carboxylic acids is 1. The number of aromatic nitrogens is 2. The van der Waals surface area contributed by atoms with Crippen molar-refractivity contribution in [2.75, 3.05) is 36.1 Å². The van der Waals surface area contributed by atoms with Crippen molar-refractivity contribution in [1.29, 1.82) is 0 Å². The van der Waals surface area contributed by atoms with Crippen LogP contribution in [-0.2, 0) is 36.4 Å². The van der Waals surface area contributed by atoms with Gasteiger partial charge in [0.2, 0.25) is 5.95 Å². The van der Waals surface area contributed by atoms with E-state index in [2.05, 4.69) is 9.97 Å². The van der Waals surface area contributed by atoms with Crippen LogP contribution in [-0.4, -0.2) is 52.5 Å². The smallest absolute Gasteiger partial charge is 0.416 e. The molecule has 0 atom stereocenters. The number of rotatable bonds is 14. The third-order valence-corrected chi connectivity index (χ3v) is 8.68. The van der Waals surface area contributed by atoms with E-state index < -0.39 is 59.8 Å². The van der Waals surface area contributed by atoms with Crippen LogP contribution in [0.2, 0.25) is 0 Å². The fraction of sp³-hybridized carbons (Fsp3) is 0.500. The van der Waals surface area contributed by atoms with Gasteiger partial charge < -0.3 is 24.7 Å². The van der Waals surface area contributed by atoms with Gasteiger partial charge in [-0.3, -0.25) is 4.79 Å². The van der Waals surface area contributed by atoms with Gasteiger partial charge in [-0.1, -0.05) is 0 Å². The Morgan fingerprint density at radius 2 is 1.37 bits per heavy atom. The number of hydrogen-bond donors (Lipinski definition) is 2. The van der Waals surface area contributed by atoms with Gasteiger partial charge in [0.1, 0.15) is 6.61 Å². The van der Waals surface area contributed by atoms with Crippen LogP contribution in [0.1, 0.15) is 66.8 Å². The summed E-state index contributed by atoms with van der Waals surface area (Å²) >= 11 is 0. The number of anilines is 2. The molecule has 1 aliphatic rings. The van der Waals surface area contributed by atoms with Crippen LogP contribution in [0, 0.1) is 11.8 Å². The normalized spacial score (nSPS) is 16.9. The second-order valence-electron chi connectivity index (χ2n) is 12.4. The van der Waals surface area contributed by atoms with E-state index in [-0.39, 0.29) is 54.8 Å². The summed E-state index contributed by atoms with van der Waals surface area (Å²) in [7, 11) is 0. The van der Waals surface area contributed by atoms with Gasteiger partial charge in [-0.25, -0.2) is 9.97 Å². The number of hydrogen-bond acceptors (Lipinski definition) is 7. The Hall–Kier alpha value is -4.28. The summed E-state index contributed by atoms with van der Waals surface area (Å²) < 4.78 is 130. The average Bonchev–Trinajstić information content (AvgIpc) is 3.05. The zero-order chi connectivity index (χ0) is 37.6. The molecule has 51 heavy (non-hydrogen) atoms. The summed E-state index contributed by atoms with van der Waals surface area (Å²) in [6, 6.07) is 4.13. The highest BCUT2D eigenvalue weighted by atomic mass is 19.4. The Bertz CT molecular complexity index is 1580. The second kappa shape index (κ2) is 16.4. The molecule has 2 aromatic carbocycles. The third kappa shape index (κ3) is 11.1. The molecule has 1 aromatic heterocycles. The molecule has 4 rings (SSSR count). The SMILES string of the molecule is CCN(CC1CCC(CC(=O)O)CC1)c1ccc(C(F)(F)F)cc1CN(Cc1cc(C(F)(F)F)cc(C(F)(F)F)c1)c1ncc(OCCO)cn1. The van der Waals surface area contributed by atoms with Crippen molar-refractivity contribution in [2.45, 2.75) is 70.6 Å². The molecule has 1 fully saturated rings. The van der Waals surface area contributed by atoms with Gasteiger partial charge in [0.15, 0.2) is 5.75 Å². The minimum Gasteiger partial charge on any atom is -0.488 e. The molecule has 0 spiro atoms. The van der Waals surface area contributed by atoms with Gasteiger partial charge in [-0.2, -0.15) is 39.5 Å². The van der Waals surface area contributed by atoms with Crippen LogP contribution in [0.3, 0.4) is 0 Å². The molecule has 1 heterocycles. The topological polar surface area (TPSA) is 99.0 Å². The number of alkyl halides is 9. The summed E-state index contributed by atoms with van der Waals surface area (Å²) in [5.41, 5.74) is -4.14. The van der Waals surface area contributed by atoms with Crippen molar-refractivity contribution < 1.29 is 59.3 Å². The summed E-state index contributed by atoms with van der Waals surface area (Å²) in [6.45, 7) is 0.993. The molecule has 1 aliphatic carbocycles. The standard InChI is InChI=1S/C34H37F9N4O4/c1-2-46(18-22-5-3-21(4-6-22)13-30(49)50)29-8-7-25(32(35,36)37)14-24(29)20-47(31-44-16-28(17-45-31)51-10-9-48)19-23-11-26(33(38,39)40)15-27(12-23)34(41,42)43/h7-8,11-12,14-17,21-22,48H,2-6,9-10,13,18-20H2,1H3,(H,49,50). The van der Waals surface area contributed by atoms with Crippen molar-refractivity contribution in [3.05, 3.63) is 76.6 Å². The number of ether oxygens (including phenoxy) is 1. The maximum absolute atomic E-state index is 14.0. The third-order valence-electron chi connectivity index (χ3n) is 8.68. The summed E-state index contributed by atoms with van der Waals surface area (Å²) in [4.78, 5) is 22.5. The number of aliphatic hydroxyl groups is 1. The lowest BCUT2D eigenvalue weighted by molar-refractivity contribution is -0.143. The maximum atomic E-state index is 14.0. The molecule has 17 heteroatoms. The zero-order valence-electron chi connectivity index (χ0n) is 27.5. The molecule has 2 N–H and O–H groups in total. The van der Waals surface area contributed by atoms with Crippen molar-refractivity contribution in [3.8, 4) is 5.75 Å². The molecule has 0 saturated heterocycles. The first kappa shape index (κ1) is 39.5. The van der Waals surface area contributed by atoms with E-state index in [0.717, 1.165) is 24.5 Å². The largest absolute Gasteiger partial charge is 0.488 e. The van der Waals surface area contributed by atoms with E-state index in [4.69, 9.17) is 14.9 Å². The van der Waals surface area contributed by atoms with Gasteiger partial charge in [0.05, 0.1) is 35.7 Å². The number of halogens is 9. The van der Waals surface area contributed by atoms with Crippen LogP contribution in [0.25, 0.3) is 0 Å². The van der Waals surface area contributed by atoms with Crippen LogP contribution in [0.15, 0.2) is 48.8 Å². The first-order valence-electron chi connectivity index (χ1n) is 16.1. The Labute approximate surface area is 287 Å². The van der Waals surface area contributed by atoms with Gasteiger partial charge in [0.25, 0.3) is 0 Å². The summed E-state index contributed by atoms with van der Waals surface area (Å²) in [6.07, 6.45) is -9.92. The van der Waals surface area contributed by atoms with E-state index in [9.17, 15) is 44.3 Å². The van der Waals surface area contributed by atoms with Gasteiger partial charge in [0, 0.05) is 38.3 Å². The number of nitrogens with zero attached hydrogens (tertiary/aromatic N) is 4. The van der Waals surface area contributed by atoms with Gasteiger partial charge in [-0.15, -0.1) is 0 Å². The molecule has 0 amide bonds. The van der Waals surface area contributed by atoms with Crippen molar-refractivity contribution >= 4 is 17.6 Å². The lowest BCUT2D eigenvalue weighted by Crippen LogP contribution is -2.33. The second-order valence-corrected chi connectivity index (χ2v) is 12.4. The fourth-order valence-corrected chi connectivity index (χ4v) is 6.22. The lowest BCUT2D eigenvalue weighted by Gasteiger charge is -2.35. The predicted octanol–water partition coefficient (Wildman–Crippen LogP) is 8.22. The minimum atomic E-state index is -5.13. The quantitative estimate of drug-likeness (QED) is 0.160. The molecule has 280 valence electrons. The number of carboxylic acid groups (broad SMARTS) is 1. The van der Waals surface area contributed by atoms with Crippen LogP contribution in [0.5, 0.6) is 5.75 Å². The Balaban J connectivity index is 1.76. The van der Waals surface area contributed by atoms with Crippen molar-refractivity contribution in [1.82, 2.24) is 9.97 Å². The van der Waals surface area contributed by atoms with E-state index >= 15 is 0 Å². The highest BCUT2D eigenvalue weighted by Crippen LogP contribution is 2.39. The highest BCUT2D eigenvalue weighted by Gasteiger charge is 2.37. The molecule has 0 bridgehead atoms. The summed E-state index contributed by atoms with van der Waals surface area (Å²) in [5.74, 6) is -0.898. The summed E-state index contributed by atoms with van der Waals surface area (Å²) in [5, 5.41) is 18.2. The number of aliphatic carboxylic acids is 1. The monoisotopic (exact) mass is 736 g/mol. The number of carbonyl (C=O) groups is 1. The average molecular weight is 737 g/mol. The molecule has 0 radical (unpaired) electrons. The Morgan fingerprint density at radius 3 is 1.88 bits per heavy atom. The fourth-order valence-electron chi connectivity index (χ4n) is 6.22. The predicted molar refractivity (Wildman–Crippen MR) is 168 cm³/mol. The molecule has 3 aromatic rings. The van der Waals surface area contributed by atoms with Gasteiger partial charge >= 0.3 is 24.5 Å². The van der Waals surface area contributed by atoms with Crippen LogP contribution in [0.4, 0.5) is 51.1 Å². The zero-order valence-corrected chi connectivity index (χ0v) is 27.5. The Kier molecular flexibility index (Phi) is 12.7. The van der Waals surface area contributed by atoms with Gasteiger partial charge in [-0.05, 0) is 92.0 Å². The van der Waals surface area contributed by atoms with Crippen LogP contribution < -0.4 is 14.5 Å². The van der Waals surface area contributed by atoms with E-state index in [0.29, 0.717) is 56.6 Å². The number of benzene rings is 2. The maximum Gasteiger partial charge on any atom is 0.416 e. The molecule has 1 saturated carbocycles. The van der Waals surface area contributed by atoms with Crippen molar-refractivity contribution in [2.24, 2.45) is 11.8 Å². The first-order valence-corrected chi connectivity index (χ1v) is 16.1. The highest BCUT2D eigenvalue weighted by molar-refractivity contribution is 5.67. The molecular formula is C34H37F9N4O4. The first-order chi connectivity index (χ1) is 23.9. The van der Waals surface area contributed by atoms with E-state index in [1.165, 1.54) is 11.0 Å². The number of aliphatic hydroxyl groups excluding tert-OH is 1. The van der Waals surface area contributed by atoms with E-state index in [1.807, 2.05) is 4.90 Å². The molecule has 0 aliphatic heterocycles. The minimum absolute atomic E-state index is 0.0171. The molecule has 8 nitrogen and oxygen atoms in total. The lowest BCUT2D eigenvalue weighted by atomic mass is 9.80.